The van der Waals surface area contributed by atoms with Crippen LogP contribution in [0.5, 0.6) is 0 Å². The van der Waals surface area contributed by atoms with E-state index in [-0.39, 0.29) is 5.92 Å². The standard InChI is InChI=1S/C11H11BrN2/c12-11-4-3-10(7-14-11)9-2-1-8(5-9)6-13/h3-4,7-9H,1-2,5H2. The fourth-order valence-electron chi connectivity index (χ4n) is 2.03. The Morgan fingerprint density at radius 3 is 2.86 bits per heavy atom. The predicted octanol–water partition coefficient (Wildman–Crippen LogP) is 3.25. The van der Waals surface area contributed by atoms with Crippen molar-refractivity contribution >= 4 is 15.9 Å². The summed E-state index contributed by atoms with van der Waals surface area (Å²) in [5.74, 6) is 0.795. The van der Waals surface area contributed by atoms with Gasteiger partial charge in [-0.05, 0) is 52.7 Å². The lowest BCUT2D eigenvalue weighted by molar-refractivity contribution is 0.668. The van der Waals surface area contributed by atoms with E-state index >= 15 is 0 Å². The molecule has 2 nitrogen and oxygen atoms in total. The van der Waals surface area contributed by atoms with Crippen LogP contribution in [0.4, 0.5) is 0 Å². The van der Waals surface area contributed by atoms with Gasteiger partial charge in [0.25, 0.3) is 0 Å². The lowest BCUT2D eigenvalue weighted by atomic mass is 9.98. The fourth-order valence-corrected chi connectivity index (χ4v) is 2.26. The molecule has 0 saturated heterocycles. The number of nitrogens with zero attached hydrogens (tertiary/aromatic N) is 2. The summed E-state index contributed by atoms with van der Waals surface area (Å²) >= 11 is 3.32. The van der Waals surface area contributed by atoms with Gasteiger partial charge in [-0.3, -0.25) is 0 Å². The van der Waals surface area contributed by atoms with Crippen LogP contribution < -0.4 is 0 Å². The van der Waals surface area contributed by atoms with Gasteiger partial charge >= 0.3 is 0 Å². The zero-order valence-electron chi connectivity index (χ0n) is 7.78. The van der Waals surface area contributed by atoms with Crippen LogP contribution in [0.2, 0.25) is 0 Å². The first-order chi connectivity index (χ1) is 6.79. The van der Waals surface area contributed by atoms with Crippen molar-refractivity contribution in [3.63, 3.8) is 0 Å². The lowest BCUT2D eigenvalue weighted by Crippen LogP contribution is -1.94. The molecular formula is C11H11BrN2. The van der Waals surface area contributed by atoms with Crippen molar-refractivity contribution in [1.82, 2.24) is 4.98 Å². The molecule has 3 heteroatoms. The molecule has 0 amide bonds. The van der Waals surface area contributed by atoms with E-state index in [9.17, 15) is 0 Å². The topological polar surface area (TPSA) is 36.7 Å². The first-order valence-electron chi connectivity index (χ1n) is 4.80. The molecule has 1 saturated carbocycles. The van der Waals surface area contributed by atoms with E-state index in [1.54, 1.807) is 0 Å². The minimum absolute atomic E-state index is 0.253. The lowest BCUT2D eigenvalue weighted by Gasteiger charge is -2.08. The molecule has 1 fully saturated rings. The van der Waals surface area contributed by atoms with Crippen molar-refractivity contribution in [1.29, 1.82) is 5.26 Å². The largest absolute Gasteiger partial charge is 0.249 e. The Labute approximate surface area is 92.1 Å². The van der Waals surface area contributed by atoms with Gasteiger partial charge in [-0.2, -0.15) is 5.26 Å². The van der Waals surface area contributed by atoms with Crippen molar-refractivity contribution in [2.45, 2.75) is 25.2 Å². The van der Waals surface area contributed by atoms with Crippen LogP contribution in [-0.4, -0.2) is 4.98 Å². The van der Waals surface area contributed by atoms with Crippen molar-refractivity contribution in [2.75, 3.05) is 0 Å². The number of nitriles is 1. The summed E-state index contributed by atoms with van der Waals surface area (Å²) < 4.78 is 0.871. The number of hydrogen-bond donors (Lipinski definition) is 0. The minimum Gasteiger partial charge on any atom is -0.249 e. The third kappa shape index (κ3) is 1.96. The summed E-state index contributed by atoms with van der Waals surface area (Å²) in [6.07, 6.45) is 5.08. The Bertz CT molecular complexity index is 353. The summed E-state index contributed by atoms with van der Waals surface area (Å²) in [5, 5.41) is 8.80. The average Bonchev–Trinajstić information content (AvgIpc) is 2.67. The maximum atomic E-state index is 8.80. The molecule has 2 atom stereocenters. The Morgan fingerprint density at radius 1 is 1.43 bits per heavy atom. The normalized spacial score (nSPS) is 26.0. The molecule has 1 aliphatic carbocycles. The monoisotopic (exact) mass is 250 g/mol. The SMILES string of the molecule is N#CC1CCC(c2ccc(Br)nc2)C1. The fraction of sp³-hybridized carbons (Fsp3) is 0.455. The Hall–Kier alpha value is -0.880. The maximum Gasteiger partial charge on any atom is 0.106 e. The van der Waals surface area contributed by atoms with Gasteiger partial charge in [0.2, 0.25) is 0 Å². The zero-order valence-corrected chi connectivity index (χ0v) is 9.37. The second kappa shape index (κ2) is 4.10. The number of pyridine rings is 1. The second-order valence-corrected chi connectivity index (χ2v) is 4.56. The van der Waals surface area contributed by atoms with Gasteiger partial charge in [0.15, 0.2) is 0 Å². The predicted molar refractivity (Wildman–Crippen MR) is 57.6 cm³/mol. The van der Waals surface area contributed by atoms with Gasteiger partial charge in [0.05, 0.1) is 6.07 Å². The molecule has 2 unspecified atom stereocenters. The highest BCUT2D eigenvalue weighted by Gasteiger charge is 2.25. The third-order valence-corrected chi connectivity index (χ3v) is 3.31. The minimum atomic E-state index is 0.253. The van der Waals surface area contributed by atoms with Gasteiger partial charge in [-0.15, -0.1) is 0 Å². The Kier molecular flexibility index (Phi) is 2.83. The average molecular weight is 251 g/mol. The smallest absolute Gasteiger partial charge is 0.106 e. The van der Waals surface area contributed by atoms with Crippen LogP contribution in [-0.2, 0) is 0 Å². The highest BCUT2D eigenvalue weighted by molar-refractivity contribution is 9.10. The van der Waals surface area contributed by atoms with Gasteiger partial charge in [0, 0.05) is 12.1 Å². The van der Waals surface area contributed by atoms with Gasteiger partial charge < -0.3 is 0 Å². The zero-order chi connectivity index (χ0) is 9.97. The van der Waals surface area contributed by atoms with Crippen LogP contribution >= 0.6 is 15.9 Å². The van der Waals surface area contributed by atoms with E-state index in [4.69, 9.17) is 5.26 Å². The van der Waals surface area contributed by atoms with Crippen LogP contribution in [0.3, 0.4) is 0 Å². The molecule has 14 heavy (non-hydrogen) atoms. The molecule has 0 aliphatic heterocycles. The quantitative estimate of drug-likeness (QED) is 0.718. The van der Waals surface area contributed by atoms with Gasteiger partial charge in [-0.1, -0.05) is 6.07 Å². The maximum absolute atomic E-state index is 8.80. The molecule has 1 aromatic rings. The van der Waals surface area contributed by atoms with Crippen molar-refractivity contribution in [3.05, 3.63) is 28.5 Å². The summed E-state index contributed by atoms with van der Waals surface area (Å²) in [7, 11) is 0. The number of halogens is 1. The molecular weight excluding hydrogens is 240 g/mol. The van der Waals surface area contributed by atoms with Crippen LogP contribution in [0.1, 0.15) is 30.7 Å². The molecule has 0 spiro atoms. The van der Waals surface area contributed by atoms with Crippen molar-refractivity contribution < 1.29 is 0 Å². The summed E-state index contributed by atoms with van der Waals surface area (Å²) in [5.41, 5.74) is 1.27. The van der Waals surface area contributed by atoms with E-state index in [1.165, 1.54) is 5.56 Å². The number of aromatic nitrogens is 1. The van der Waals surface area contributed by atoms with Gasteiger partial charge in [-0.25, -0.2) is 4.98 Å². The molecule has 1 heterocycles. The molecule has 0 aromatic carbocycles. The molecule has 0 bridgehead atoms. The molecule has 2 rings (SSSR count). The highest BCUT2D eigenvalue weighted by Crippen LogP contribution is 2.37. The Balaban J connectivity index is 2.10. The first kappa shape index (κ1) is 9.67. The Morgan fingerprint density at radius 2 is 2.29 bits per heavy atom. The molecule has 0 N–H and O–H groups in total. The van der Waals surface area contributed by atoms with Crippen LogP contribution in [0.15, 0.2) is 22.9 Å². The highest BCUT2D eigenvalue weighted by atomic mass is 79.9. The molecule has 72 valence electrons. The summed E-state index contributed by atoms with van der Waals surface area (Å²) in [6, 6.07) is 6.41. The van der Waals surface area contributed by atoms with Crippen LogP contribution in [0, 0.1) is 17.2 Å². The summed E-state index contributed by atoms with van der Waals surface area (Å²) in [6.45, 7) is 0. The summed E-state index contributed by atoms with van der Waals surface area (Å²) in [4.78, 5) is 4.21. The van der Waals surface area contributed by atoms with E-state index in [0.29, 0.717) is 5.92 Å². The van der Waals surface area contributed by atoms with Gasteiger partial charge in [0.1, 0.15) is 4.60 Å². The molecule has 1 aliphatic rings. The van der Waals surface area contributed by atoms with Crippen molar-refractivity contribution in [3.8, 4) is 6.07 Å². The second-order valence-electron chi connectivity index (χ2n) is 3.75. The van der Waals surface area contributed by atoms with E-state index in [1.807, 2.05) is 12.3 Å². The third-order valence-electron chi connectivity index (χ3n) is 2.84. The van der Waals surface area contributed by atoms with Crippen LogP contribution in [0.25, 0.3) is 0 Å². The number of rotatable bonds is 1. The van der Waals surface area contributed by atoms with E-state index < -0.39 is 0 Å². The number of hydrogen-bond acceptors (Lipinski definition) is 2. The molecule has 1 aromatic heterocycles. The van der Waals surface area contributed by atoms with Crippen molar-refractivity contribution in [2.24, 2.45) is 5.92 Å². The van der Waals surface area contributed by atoms with E-state index in [0.717, 1.165) is 23.9 Å². The first-order valence-corrected chi connectivity index (χ1v) is 5.60. The molecule has 0 radical (unpaired) electrons. The van der Waals surface area contributed by atoms with E-state index in [2.05, 4.69) is 33.0 Å².